The molecule has 1 atom stereocenters. The monoisotopic (exact) mass is 273 g/mol. The van der Waals surface area contributed by atoms with Crippen molar-refractivity contribution in [2.45, 2.75) is 33.6 Å². The summed E-state index contributed by atoms with van der Waals surface area (Å²) in [5.74, 6) is -0.365. The van der Waals surface area contributed by atoms with E-state index in [0.717, 1.165) is 17.8 Å². The molecule has 0 aromatic carbocycles. The van der Waals surface area contributed by atoms with Crippen molar-refractivity contribution in [3.63, 3.8) is 0 Å². The average Bonchev–Trinajstić information content (AvgIpc) is 2.34. The van der Waals surface area contributed by atoms with Gasteiger partial charge in [-0.3, -0.25) is 4.79 Å². The normalized spacial score (nSPS) is 20.9. The molecule has 0 radical (unpaired) electrons. The number of hydrogen-bond donors (Lipinski definition) is 1. The third-order valence-corrected chi connectivity index (χ3v) is 3.20. The van der Waals surface area contributed by atoms with Crippen LogP contribution >= 0.6 is 0 Å². The molecule has 0 bridgehead atoms. The Morgan fingerprint density at radius 3 is 2.60 bits per heavy atom. The number of hydrogen-bond acceptors (Lipinski definition) is 2. The van der Waals surface area contributed by atoms with Crippen LogP contribution in [0, 0.1) is 11.3 Å². The van der Waals surface area contributed by atoms with Crippen LogP contribution in [0.25, 0.3) is 0 Å². The maximum atomic E-state index is 11.9. The van der Waals surface area contributed by atoms with E-state index in [0.29, 0.717) is 12.1 Å². The van der Waals surface area contributed by atoms with Crippen LogP contribution in [0.15, 0.2) is 47.2 Å². The highest BCUT2D eigenvalue weighted by atomic mass is 16.2. The van der Waals surface area contributed by atoms with Gasteiger partial charge in [-0.2, -0.15) is 0 Å². The summed E-state index contributed by atoms with van der Waals surface area (Å²) in [5.41, 5.74) is 2.02. The van der Waals surface area contributed by atoms with Crippen molar-refractivity contribution < 1.29 is 4.79 Å². The van der Waals surface area contributed by atoms with Crippen molar-refractivity contribution in [2.24, 2.45) is 21.3 Å². The van der Waals surface area contributed by atoms with E-state index in [1.54, 1.807) is 6.08 Å². The molecule has 4 heteroatoms. The molecular weight excluding hydrogens is 250 g/mol. The minimum Gasteiger partial charge on any atom is -0.330 e. The largest absolute Gasteiger partial charge is 0.330 e. The number of rotatable bonds is 4. The molecule has 0 aromatic rings. The Morgan fingerprint density at radius 2 is 2.10 bits per heavy atom. The molecule has 1 amide bonds. The lowest BCUT2D eigenvalue weighted by Crippen LogP contribution is -2.38. The molecule has 1 aliphatic rings. The fourth-order valence-electron chi connectivity index (χ4n) is 1.70. The van der Waals surface area contributed by atoms with Gasteiger partial charge in [0.1, 0.15) is 6.34 Å². The van der Waals surface area contributed by atoms with Gasteiger partial charge in [0.15, 0.2) is 0 Å². The summed E-state index contributed by atoms with van der Waals surface area (Å²) in [4.78, 5) is 20.4. The van der Waals surface area contributed by atoms with Crippen LogP contribution in [0.5, 0.6) is 0 Å². The van der Waals surface area contributed by atoms with Gasteiger partial charge in [-0.25, -0.2) is 9.98 Å². The quantitative estimate of drug-likeness (QED) is 0.620. The van der Waals surface area contributed by atoms with Crippen LogP contribution in [-0.2, 0) is 4.79 Å². The maximum absolute atomic E-state index is 11.9. The van der Waals surface area contributed by atoms with Crippen molar-refractivity contribution in [1.82, 2.24) is 5.32 Å². The second-order valence-electron chi connectivity index (χ2n) is 5.88. The summed E-state index contributed by atoms with van der Waals surface area (Å²) < 4.78 is 0. The molecule has 1 N–H and O–H groups in total. The first-order chi connectivity index (χ1) is 9.25. The van der Waals surface area contributed by atoms with Gasteiger partial charge in [0.2, 0.25) is 5.91 Å². The summed E-state index contributed by atoms with van der Waals surface area (Å²) in [6, 6.07) is 0. The highest BCUT2D eigenvalue weighted by molar-refractivity contribution is 6.12. The Kier molecular flexibility index (Phi) is 5.19. The zero-order valence-electron chi connectivity index (χ0n) is 12.6. The first-order valence-electron chi connectivity index (χ1n) is 6.66. The SMILES string of the molecule is C=CC(=NC=NC(=C)C(C)(C)C)C1CCC(=C)NC1=O. The second-order valence-corrected chi connectivity index (χ2v) is 5.88. The van der Waals surface area contributed by atoms with Crippen molar-refractivity contribution in [3.8, 4) is 0 Å². The Morgan fingerprint density at radius 1 is 1.45 bits per heavy atom. The number of allylic oxidation sites excluding steroid dienone is 3. The van der Waals surface area contributed by atoms with E-state index < -0.39 is 0 Å². The summed E-state index contributed by atoms with van der Waals surface area (Å²) in [6.07, 6.45) is 4.50. The predicted molar refractivity (Wildman–Crippen MR) is 84.7 cm³/mol. The van der Waals surface area contributed by atoms with Gasteiger partial charge in [0.25, 0.3) is 0 Å². The van der Waals surface area contributed by atoms with Gasteiger partial charge >= 0.3 is 0 Å². The summed E-state index contributed by atoms with van der Waals surface area (Å²) >= 11 is 0. The third-order valence-electron chi connectivity index (χ3n) is 3.20. The van der Waals surface area contributed by atoms with E-state index >= 15 is 0 Å². The van der Waals surface area contributed by atoms with Crippen molar-refractivity contribution >= 4 is 18.0 Å². The van der Waals surface area contributed by atoms with Crippen molar-refractivity contribution in [2.75, 3.05) is 0 Å². The zero-order chi connectivity index (χ0) is 15.3. The molecule has 0 saturated carbocycles. The number of nitrogens with zero attached hydrogens (tertiary/aromatic N) is 2. The fourth-order valence-corrected chi connectivity index (χ4v) is 1.70. The van der Waals surface area contributed by atoms with Gasteiger partial charge in [-0.05, 0) is 18.9 Å². The van der Waals surface area contributed by atoms with Crippen LogP contribution in [0.1, 0.15) is 33.6 Å². The molecule has 4 nitrogen and oxygen atoms in total. The Labute approximate surface area is 121 Å². The van der Waals surface area contributed by atoms with Gasteiger partial charge in [-0.1, -0.05) is 40.5 Å². The number of carbonyl (C=O) groups excluding carboxylic acids is 1. The molecule has 1 unspecified atom stereocenters. The van der Waals surface area contributed by atoms with Crippen LogP contribution < -0.4 is 5.32 Å². The third kappa shape index (κ3) is 4.30. The lowest BCUT2D eigenvalue weighted by Gasteiger charge is -2.23. The second kappa shape index (κ2) is 6.46. The van der Waals surface area contributed by atoms with E-state index in [1.807, 2.05) is 20.8 Å². The van der Waals surface area contributed by atoms with Crippen molar-refractivity contribution in [1.29, 1.82) is 0 Å². The first-order valence-corrected chi connectivity index (χ1v) is 6.66. The molecule has 1 rings (SSSR count). The standard InChI is InChI=1S/C16H23N3O/c1-7-14(13-9-8-11(2)19-15(13)20)18-10-17-12(3)16(4,5)6/h7,10,13H,1-3,8-9H2,4-6H3,(H,19,20). The molecular formula is C16H23N3O. The Bertz CT molecular complexity index is 492. The van der Waals surface area contributed by atoms with E-state index in [2.05, 4.69) is 35.0 Å². The lowest BCUT2D eigenvalue weighted by molar-refractivity contribution is -0.123. The molecule has 1 fully saturated rings. The summed E-state index contributed by atoms with van der Waals surface area (Å²) in [7, 11) is 0. The minimum absolute atomic E-state index is 0.0806. The first kappa shape index (κ1) is 16.1. The lowest BCUT2D eigenvalue weighted by atomic mass is 9.92. The van der Waals surface area contributed by atoms with Gasteiger partial charge in [0.05, 0.1) is 11.6 Å². The summed E-state index contributed by atoms with van der Waals surface area (Å²) in [6.45, 7) is 17.5. The molecule has 1 saturated heterocycles. The van der Waals surface area contributed by atoms with Crippen molar-refractivity contribution in [3.05, 3.63) is 37.2 Å². The highest BCUT2D eigenvalue weighted by Gasteiger charge is 2.26. The molecule has 108 valence electrons. The highest BCUT2D eigenvalue weighted by Crippen LogP contribution is 2.24. The number of piperidine rings is 1. The Hall–Kier alpha value is -1.97. The fraction of sp³-hybridized carbons (Fsp3) is 0.438. The molecule has 1 heterocycles. The topological polar surface area (TPSA) is 53.8 Å². The average molecular weight is 273 g/mol. The van der Waals surface area contributed by atoms with Gasteiger partial charge < -0.3 is 5.32 Å². The molecule has 0 spiro atoms. The van der Waals surface area contributed by atoms with Gasteiger partial charge in [0, 0.05) is 16.8 Å². The van der Waals surface area contributed by atoms with Crippen LogP contribution in [0.4, 0.5) is 0 Å². The summed E-state index contributed by atoms with van der Waals surface area (Å²) in [5, 5.41) is 2.74. The maximum Gasteiger partial charge on any atom is 0.233 e. The zero-order valence-corrected chi connectivity index (χ0v) is 12.6. The van der Waals surface area contributed by atoms with Crippen LogP contribution in [0.2, 0.25) is 0 Å². The van der Waals surface area contributed by atoms with E-state index in [-0.39, 0.29) is 17.2 Å². The predicted octanol–water partition coefficient (Wildman–Crippen LogP) is 3.24. The van der Waals surface area contributed by atoms with Crippen LogP contribution in [-0.4, -0.2) is 18.0 Å². The van der Waals surface area contributed by atoms with E-state index in [1.165, 1.54) is 6.34 Å². The minimum atomic E-state index is -0.285. The number of carbonyl (C=O) groups is 1. The molecule has 0 aromatic heterocycles. The molecule has 1 aliphatic heterocycles. The van der Waals surface area contributed by atoms with Crippen LogP contribution in [0.3, 0.4) is 0 Å². The number of nitrogens with one attached hydrogen (secondary N) is 1. The Balaban J connectivity index is 2.81. The number of amides is 1. The van der Waals surface area contributed by atoms with E-state index in [4.69, 9.17) is 0 Å². The number of aliphatic imine (C=N–C) groups is 2. The van der Waals surface area contributed by atoms with E-state index in [9.17, 15) is 4.79 Å². The molecule has 0 aliphatic carbocycles. The smallest absolute Gasteiger partial charge is 0.233 e. The molecule has 20 heavy (non-hydrogen) atoms. The van der Waals surface area contributed by atoms with Gasteiger partial charge in [-0.15, -0.1) is 0 Å².